The highest BCUT2D eigenvalue weighted by Gasteiger charge is 2.24. The van der Waals surface area contributed by atoms with Crippen molar-refractivity contribution in [1.82, 2.24) is 4.90 Å². The molecule has 1 saturated heterocycles. The largest absolute Gasteiger partial charge is 0.339 e. The monoisotopic (exact) mass is 221 g/mol. The number of hydrogen-bond donors (Lipinski definition) is 0. The summed E-state index contributed by atoms with van der Waals surface area (Å²) in [7, 11) is 0. The van der Waals surface area contributed by atoms with E-state index in [1.807, 2.05) is 0 Å². The Morgan fingerprint density at radius 3 is 2.31 bits per heavy atom. The summed E-state index contributed by atoms with van der Waals surface area (Å²) >= 11 is 0. The molecule has 1 aromatic carbocycles. The number of hydrogen-bond acceptors (Lipinski definition) is 2. The molecular weight excluding hydrogens is 209 g/mol. The Kier molecular flexibility index (Phi) is 2.99. The third-order valence-corrected chi connectivity index (χ3v) is 2.53. The Morgan fingerprint density at radius 2 is 1.75 bits per heavy atom. The van der Waals surface area contributed by atoms with Crippen molar-refractivity contribution >= 4 is 11.7 Å². The van der Waals surface area contributed by atoms with Gasteiger partial charge in [0.25, 0.3) is 0 Å². The summed E-state index contributed by atoms with van der Waals surface area (Å²) in [6.07, 6.45) is 0.442. The Labute approximate surface area is 92.9 Å². The van der Waals surface area contributed by atoms with Crippen molar-refractivity contribution in [3.63, 3.8) is 0 Å². The molecule has 1 aromatic rings. The van der Waals surface area contributed by atoms with Crippen LogP contribution < -0.4 is 0 Å². The number of amides is 1. The lowest BCUT2D eigenvalue weighted by atomic mass is 10.1. The quantitative estimate of drug-likeness (QED) is 0.572. The molecule has 0 atom stereocenters. The van der Waals surface area contributed by atoms with E-state index in [9.17, 15) is 14.0 Å². The van der Waals surface area contributed by atoms with E-state index >= 15 is 0 Å². The third kappa shape index (κ3) is 2.66. The lowest BCUT2D eigenvalue weighted by molar-refractivity contribution is -0.125. The fourth-order valence-electron chi connectivity index (χ4n) is 1.46. The molecule has 0 radical (unpaired) electrons. The molecule has 0 aromatic heterocycles. The van der Waals surface area contributed by atoms with E-state index < -0.39 is 0 Å². The zero-order valence-electron chi connectivity index (χ0n) is 8.78. The number of carbonyl (C=O) groups is 2. The molecule has 4 heteroatoms. The number of halogens is 1. The van der Waals surface area contributed by atoms with Crippen LogP contribution in [0.1, 0.15) is 23.2 Å². The summed E-state index contributed by atoms with van der Waals surface area (Å²) in [6.45, 7) is 1.62. The molecule has 0 N–H and O–H groups in total. The molecule has 1 fully saturated rings. The van der Waals surface area contributed by atoms with Crippen LogP contribution in [0.25, 0.3) is 0 Å². The SMILES string of the molecule is O=C(CCC(=O)N1CC1)c1ccc(F)cc1. The van der Waals surface area contributed by atoms with Crippen LogP contribution in [0, 0.1) is 5.82 Å². The standard InChI is InChI=1S/C12H12FNO2/c13-10-3-1-9(2-4-10)11(15)5-6-12(16)14-7-8-14/h1-4H,5-8H2. The average molecular weight is 221 g/mol. The van der Waals surface area contributed by atoms with E-state index in [2.05, 4.69) is 0 Å². The second-order valence-electron chi connectivity index (χ2n) is 3.81. The minimum Gasteiger partial charge on any atom is -0.339 e. The van der Waals surface area contributed by atoms with Gasteiger partial charge in [0.05, 0.1) is 0 Å². The van der Waals surface area contributed by atoms with Crippen molar-refractivity contribution in [2.24, 2.45) is 0 Å². The van der Waals surface area contributed by atoms with Crippen LogP contribution in [0.15, 0.2) is 24.3 Å². The lowest BCUT2D eigenvalue weighted by Crippen LogP contribution is -2.12. The number of carbonyl (C=O) groups excluding carboxylic acids is 2. The Hall–Kier alpha value is -1.71. The fourth-order valence-corrected chi connectivity index (χ4v) is 1.46. The number of Topliss-reactive ketones (excluding diaryl/α,β-unsaturated/α-hetero) is 1. The van der Waals surface area contributed by atoms with Crippen molar-refractivity contribution in [3.8, 4) is 0 Å². The number of rotatable bonds is 4. The molecule has 0 unspecified atom stereocenters. The summed E-state index contributed by atoms with van der Waals surface area (Å²) in [5.41, 5.74) is 0.458. The normalized spacial score (nSPS) is 13.7. The van der Waals surface area contributed by atoms with Crippen LogP contribution in [0.2, 0.25) is 0 Å². The maximum atomic E-state index is 12.6. The van der Waals surface area contributed by atoms with Gasteiger partial charge in [-0.1, -0.05) is 0 Å². The van der Waals surface area contributed by atoms with Gasteiger partial charge in [-0.15, -0.1) is 0 Å². The van der Waals surface area contributed by atoms with Gasteiger partial charge in [-0.2, -0.15) is 0 Å². The van der Waals surface area contributed by atoms with Gasteiger partial charge in [0.2, 0.25) is 5.91 Å². The van der Waals surface area contributed by atoms with Crippen LogP contribution in [-0.4, -0.2) is 29.7 Å². The first-order valence-corrected chi connectivity index (χ1v) is 5.23. The van der Waals surface area contributed by atoms with Crippen LogP contribution in [0.4, 0.5) is 4.39 Å². The van der Waals surface area contributed by atoms with Gasteiger partial charge in [-0.25, -0.2) is 4.39 Å². The minimum atomic E-state index is -0.364. The molecule has 3 nitrogen and oxygen atoms in total. The van der Waals surface area contributed by atoms with E-state index in [4.69, 9.17) is 0 Å². The Bertz CT molecular complexity index is 410. The topological polar surface area (TPSA) is 37.1 Å². The van der Waals surface area contributed by atoms with E-state index in [0.29, 0.717) is 5.56 Å². The van der Waals surface area contributed by atoms with Crippen molar-refractivity contribution in [3.05, 3.63) is 35.6 Å². The molecule has 1 heterocycles. The molecule has 0 aliphatic carbocycles. The molecule has 1 amide bonds. The highest BCUT2D eigenvalue weighted by molar-refractivity contribution is 5.98. The number of nitrogens with zero attached hydrogens (tertiary/aromatic N) is 1. The predicted octanol–water partition coefficient (Wildman–Crippen LogP) is 1.63. The Morgan fingerprint density at radius 1 is 1.12 bits per heavy atom. The highest BCUT2D eigenvalue weighted by Crippen LogP contribution is 2.11. The Balaban J connectivity index is 1.87. The summed E-state index contributed by atoms with van der Waals surface area (Å²) in [6, 6.07) is 5.39. The van der Waals surface area contributed by atoms with Crippen molar-refractivity contribution in [2.75, 3.05) is 13.1 Å². The smallest absolute Gasteiger partial charge is 0.223 e. The van der Waals surface area contributed by atoms with E-state index in [-0.39, 0.29) is 30.3 Å². The molecular formula is C12H12FNO2. The number of ketones is 1. The highest BCUT2D eigenvalue weighted by atomic mass is 19.1. The van der Waals surface area contributed by atoms with Crippen LogP contribution >= 0.6 is 0 Å². The molecule has 0 spiro atoms. The fraction of sp³-hybridized carbons (Fsp3) is 0.333. The number of benzene rings is 1. The summed E-state index contributed by atoms with van der Waals surface area (Å²) in [5, 5.41) is 0. The lowest BCUT2D eigenvalue weighted by Gasteiger charge is -2.01. The van der Waals surface area contributed by atoms with Crippen molar-refractivity contribution in [1.29, 1.82) is 0 Å². The predicted molar refractivity (Wildman–Crippen MR) is 56.5 cm³/mol. The minimum absolute atomic E-state index is 0.0236. The zero-order valence-corrected chi connectivity index (χ0v) is 8.78. The van der Waals surface area contributed by atoms with Crippen molar-refractivity contribution in [2.45, 2.75) is 12.8 Å². The maximum absolute atomic E-state index is 12.6. The maximum Gasteiger partial charge on any atom is 0.223 e. The molecule has 1 aliphatic rings. The zero-order chi connectivity index (χ0) is 11.5. The van der Waals surface area contributed by atoms with Gasteiger partial charge >= 0.3 is 0 Å². The van der Waals surface area contributed by atoms with Gasteiger partial charge in [-0.05, 0) is 24.3 Å². The van der Waals surface area contributed by atoms with Crippen LogP contribution in [0.5, 0.6) is 0 Å². The van der Waals surface area contributed by atoms with Gasteiger partial charge in [0.15, 0.2) is 5.78 Å². The second kappa shape index (κ2) is 4.43. The summed E-state index contributed by atoms with van der Waals surface area (Å²) < 4.78 is 12.6. The van der Waals surface area contributed by atoms with E-state index in [1.54, 1.807) is 4.90 Å². The van der Waals surface area contributed by atoms with Crippen molar-refractivity contribution < 1.29 is 14.0 Å². The van der Waals surface area contributed by atoms with Gasteiger partial charge in [-0.3, -0.25) is 9.59 Å². The summed E-state index contributed by atoms with van der Waals surface area (Å²) in [4.78, 5) is 24.6. The van der Waals surface area contributed by atoms with Crippen LogP contribution in [-0.2, 0) is 4.79 Å². The molecule has 0 saturated carbocycles. The van der Waals surface area contributed by atoms with E-state index in [1.165, 1.54) is 24.3 Å². The first-order chi connectivity index (χ1) is 7.66. The van der Waals surface area contributed by atoms with Gasteiger partial charge < -0.3 is 4.90 Å². The third-order valence-electron chi connectivity index (χ3n) is 2.53. The molecule has 1 aliphatic heterocycles. The molecule has 16 heavy (non-hydrogen) atoms. The van der Waals surface area contributed by atoms with Gasteiger partial charge in [0, 0.05) is 31.5 Å². The second-order valence-corrected chi connectivity index (χ2v) is 3.81. The average Bonchev–Trinajstić information content (AvgIpc) is 3.10. The molecule has 2 rings (SSSR count). The first-order valence-electron chi connectivity index (χ1n) is 5.23. The molecule has 0 bridgehead atoms. The van der Waals surface area contributed by atoms with E-state index in [0.717, 1.165) is 13.1 Å². The first kappa shape index (κ1) is 10.8. The summed E-state index contributed by atoms with van der Waals surface area (Å²) in [5.74, 6) is -0.456. The van der Waals surface area contributed by atoms with Crippen LogP contribution in [0.3, 0.4) is 0 Å². The molecule has 84 valence electrons. The van der Waals surface area contributed by atoms with Gasteiger partial charge in [0.1, 0.15) is 5.82 Å².